The number of Topliss-reactive ketones (excluding diaryl/α,β-unsaturated/α-hetero) is 2. The van der Waals surface area contributed by atoms with E-state index in [2.05, 4.69) is 5.32 Å². The van der Waals surface area contributed by atoms with Gasteiger partial charge in [-0.25, -0.2) is 13.2 Å². The highest BCUT2D eigenvalue weighted by Gasteiger charge is 2.67. The summed E-state index contributed by atoms with van der Waals surface area (Å²) >= 11 is 18.7. The second-order valence-electron chi connectivity index (χ2n) is 10.6. The number of hydrogen-bond acceptors (Lipinski definition) is 3. The van der Waals surface area contributed by atoms with Crippen LogP contribution in [-0.4, -0.2) is 21.8 Å². The molecule has 1 amide bonds. The summed E-state index contributed by atoms with van der Waals surface area (Å²) in [5, 5.41) is 2.46. The van der Waals surface area contributed by atoms with Gasteiger partial charge in [-0.2, -0.15) is 13.2 Å². The van der Waals surface area contributed by atoms with Crippen LogP contribution in [-0.2, 0) is 28.6 Å². The van der Waals surface area contributed by atoms with Crippen molar-refractivity contribution in [3.8, 4) is 0 Å². The van der Waals surface area contributed by atoms with Gasteiger partial charge in [0.2, 0.25) is 5.91 Å². The summed E-state index contributed by atoms with van der Waals surface area (Å²) in [6, 6.07) is 8.15. The minimum atomic E-state index is -4.98. The zero-order valence-electron chi connectivity index (χ0n) is 21.8. The van der Waals surface area contributed by atoms with Crippen LogP contribution in [0.1, 0.15) is 51.4 Å². The van der Waals surface area contributed by atoms with E-state index < -0.39 is 75.5 Å². The molecule has 2 aliphatic carbocycles. The lowest BCUT2D eigenvalue weighted by Crippen LogP contribution is -2.18. The molecule has 13 heteroatoms. The second-order valence-corrected chi connectivity index (χ2v) is 12.4. The lowest BCUT2D eigenvalue weighted by Gasteiger charge is -2.11. The van der Waals surface area contributed by atoms with Gasteiger partial charge in [0.05, 0.1) is 16.5 Å². The maximum atomic E-state index is 15.1. The van der Waals surface area contributed by atoms with Crippen molar-refractivity contribution in [2.24, 2.45) is 11.8 Å². The Labute approximate surface area is 256 Å². The SMILES string of the molecule is O=C(Cc1ccc(F)c(CC(=O)C2CC2)c1F)c1cc(NC(=O)[C@H]2[C@H](c3ccc(F)c(C(F)(F)F)c3)C2(Cl)Cl)ccc1Cl. The summed E-state index contributed by atoms with van der Waals surface area (Å²) in [7, 11) is 0. The summed E-state index contributed by atoms with van der Waals surface area (Å²) in [5.74, 6) is -7.64. The third kappa shape index (κ3) is 6.42. The first-order chi connectivity index (χ1) is 20.1. The number of anilines is 1. The van der Waals surface area contributed by atoms with E-state index in [0.29, 0.717) is 25.0 Å². The topological polar surface area (TPSA) is 63.2 Å². The lowest BCUT2D eigenvalue weighted by molar-refractivity contribution is -0.140. The number of amides is 1. The van der Waals surface area contributed by atoms with Crippen molar-refractivity contribution in [1.82, 2.24) is 0 Å². The molecule has 2 aliphatic rings. The summed E-state index contributed by atoms with van der Waals surface area (Å²) in [6.45, 7) is 0. The Kier molecular flexibility index (Phi) is 8.35. The molecule has 5 rings (SSSR count). The summed E-state index contributed by atoms with van der Waals surface area (Å²) in [6.07, 6.45) is -4.58. The van der Waals surface area contributed by atoms with E-state index in [1.807, 2.05) is 0 Å². The fourth-order valence-electron chi connectivity index (χ4n) is 4.99. The highest BCUT2D eigenvalue weighted by atomic mass is 35.5. The highest BCUT2D eigenvalue weighted by Crippen LogP contribution is 2.65. The van der Waals surface area contributed by atoms with Crippen molar-refractivity contribution in [2.45, 2.75) is 42.1 Å². The Morgan fingerprint density at radius 3 is 2.23 bits per heavy atom. The molecule has 2 atom stereocenters. The van der Waals surface area contributed by atoms with Crippen LogP contribution in [0.15, 0.2) is 48.5 Å². The van der Waals surface area contributed by atoms with E-state index in [9.17, 15) is 36.3 Å². The van der Waals surface area contributed by atoms with E-state index in [1.54, 1.807) is 0 Å². The monoisotopic (exact) mass is 661 g/mol. The lowest BCUT2D eigenvalue weighted by atomic mass is 9.97. The van der Waals surface area contributed by atoms with Crippen LogP contribution in [0.5, 0.6) is 0 Å². The fraction of sp³-hybridized carbons (Fsp3) is 0.300. The van der Waals surface area contributed by atoms with E-state index >= 15 is 4.39 Å². The number of halogens is 9. The summed E-state index contributed by atoms with van der Waals surface area (Å²) < 4.78 is 80.9. The van der Waals surface area contributed by atoms with Crippen molar-refractivity contribution < 1.29 is 40.7 Å². The largest absolute Gasteiger partial charge is 0.419 e. The quantitative estimate of drug-likeness (QED) is 0.143. The van der Waals surface area contributed by atoms with Crippen molar-refractivity contribution >= 4 is 58.0 Å². The number of ketones is 2. The first-order valence-corrected chi connectivity index (χ1v) is 14.1. The van der Waals surface area contributed by atoms with Gasteiger partial charge in [0.1, 0.15) is 27.6 Å². The molecular weight excluding hydrogens is 643 g/mol. The van der Waals surface area contributed by atoms with Gasteiger partial charge < -0.3 is 5.32 Å². The summed E-state index contributed by atoms with van der Waals surface area (Å²) in [4.78, 5) is 38.3. The number of nitrogens with one attached hydrogen (secondary N) is 1. The number of alkyl halides is 5. The van der Waals surface area contributed by atoms with Crippen LogP contribution in [0.4, 0.5) is 32.0 Å². The average Bonchev–Trinajstić information content (AvgIpc) is 3.85. The van der Waals surface area contributed by atoms with Gasteiger partial charge in [0.25, 0.3) is 0 Å². The third-order valence-corrected chi connectivity index (χ3v) is 8.80. The molecule has 0 heterocycles. The van der Waals surface area contributed by atoms with Crippen LogP contribution in [0.3, 0.4) is 0 Å². The Morgan fingerprint density at radius 2 is 1.58 bits per heavy atom. The molecule has 1 N–H and O–H groups in total. The molecule has 0 spiro atoms. The van der Waals surface area contributed by atoms with Crippen molar-refractivity contribution in [1.29, 1.82) is 0 Å². The molecule has 0 radical (unpaired) electrons. The molecule has 4 nitrogen and oxygen atoms in total. The predicted octanol–water partition coefficient (Wildman–Crippen LogP) is 8.25. The Morgan fingerprint density at radius 1 is 0.907 bits per heavy atom. The zero-order chi connectivity index (χ0) is 31.4. The zero-order valence-corrected chi connectivity index (χ0v) is 24.1. The van der Waals surface area contributed by atoms with Gasteiger partial charge in [0.15, 0.2) is 5.78 Å². The molecule has 0 saturated heterocycles. The number of carbonyl (C=O) groups excluding carboxylic acids is 3. The van der Waals surface area contributed by atoms with Crippen LogP contribution in [0, 0.1) is 29.3 Å². The molecule has 0 bridgehead atoms. The van der Waals surface area contributed by atoms with Crippen LogP contribution in [0.25, 0.3) is 0 Å². The van der Waals surface area contributed by atoms with Crippen LogP contribution < -0.4 is 5.32 Å². The first kappa shape index (κ1) is 31.3. The molecule has 226 valence electrons. The standard InChI is InChI=1S/C30H20Cl3F6NO3/c31-20-6-5-16(40-28(43)26-25(29(26,32)33)14-3-8-22(35)19(9-14)30(37,38)39)11-17(20)24(42)10-15-4-7-21(34)18(27(15)36)12-23(41)13-1-2-13/h3-9,11,13,25-26H,1-2,10,12H2,(H,40,43)/t25-,26+/m0/s1. The molecule has 0 aromatic heterocycles. The van der Waals surface area contributed by atoms with Gasteiger partial charge in [-0.3, -0.25) is 14.4 Å². The van der Waals surface area contributed by atoms with Gasteiger partial charge in [-0.1, -0.05) is 23.7 Å². The van der Waals surface area contributed by atoms with Crippen LogP contribution >= 0.6 is 34.8 Å². The number of rotatable bonds is 9. The van der Waals surface area contributed by atoms with Gasteiger partial charge in [-0.15, -0.1) is 23.2 Å². The van der Waals surface area contributed by atoms with E-state index in [0.717, 1.165) is 18.2 Å². The summed E-state index contributed by atoms with van der Waals surface area (Å²) in [5.41, 5.74) is -2.24. The third-order valence-electron chi connectivity index (χ3n) is 7.53. The van der Waals surface area contributed by atoms with E-state index in [1.165, 1.54) is 18.2 Å². The molecule has 2 fully saturated rings. The van der Waals surface area contributed by atoms with Crippen molar-refractivity contribution in [2.75, 3.05) is 5.32 Å². The van der Waals surface area contributed by atoms with E-state index in [4.69, 9.17) is 34.8 Å². The highest BCUT2D eigenvalue weighted by molar-refractivity contribution is 6.53. The Balaban J connectivity index is 1.32. The number of benzene rings is 3. The van der Waals surface area contributed by atoms with Gasteiger partial charge in [-0.05, 0) is 60.4 Å². The second kappa shape index (κ2) is 11.4. The molecule has 3 aromatic carbocycles. The minimum absolute atomic E-state index is 0.0334. The number of carbonyl (C=O) groups is 3. The Bertz CT molecular complexity index is 1650. The Hall–Kier alpha value is -3.08. The van der Waals surface area contributed by atoms with Crippen LogP contribution in [0.2, 0.25) is 5.02 Å². The molecule has 3 aromatic rings. The fourth-order valence-corrected chi connectivity index (χ4v) is 6.05. The minimum Gasteiger partial charge on any atom is -0.326 e. The maximum absolute atomic E-state index is 15.1. The van der Waals surface area contributed by atoms with Crippen molar-refractivity contribution in [3.63, 3.8) is 0 Å². The first-order valence-electron chi connectivity index (χ1n) is 13.0. The van der Waals surface area contributed by atoms with E-state index in [-0.39, 0.29) is 39.1 Å². The smallest absolute Gasteiger partial charge is 0.326 e. The molecule has 0 unspecified atom stereocenters. The predicted molar refractivity (Wildman–Crippen MR) is 148 cm³/mol. The molecule has 2 saturated carbocycles. The maximum Gasteiger partial charge on any atom is 0.419 e. The molecule has 43 heavy (non-hydrogen) atoms. The normalized spacial score (nSPS) is 19.2. The molecule has 0 aliphatic heterocycles. The average molecular weight is 663 g/mol. The molecular formula is C30H20Cl3F6NO3. The van der Waals surface area contributed by atoms with Crippen molar-refractivity contribution in [3.05, 3.63) is 98.8 Å². The van der Waals surface area contributed by atoms with Gasteiger partial charge in [0, 0.05) is 41.5 Å². The van der Waals surface area contributed by atoms with Gasteiger partial charge >= 0.3 is 6.18 Å². The number of hydrogen-bond donors (Lipinski definition) is 1.